The summed E-state index contributed by atoms with van der Waals surface area (Å²) in [7, 11) is 1.63. The highest BCUT2D eigenvalue weighted by atomic mass is 79.9. The lowest BCUT2D eigenvalue weighted by molar-refractivity contribution is 0.318. The molecule has 3 N–H and O–H groups in total. The minimum absolute atomic E-state index is 0.0855. The molecule has 0 aliphatic carbocycles. The molecule has 0 aliphatic heterocycles. The van der Waals surface area contributed by atoms with Crippen molar-refractivity contribution in [2.24, 2.45) is 10.9 Å². The van der Waals surface area contributed by atoms with E-state index in [1.54, 1.807) is 7.11 Å². The highest BCUT2D eigenvalue weighted by molar-refractivity contribution is 9.10. The van der Waals surface area contributed by atoms with Gasteiger partial charge in [0, 0.05) is 19.8 Å². The van der Waals surface area contributed by atoms with Crippen LogP contribution in [0, 0.1) is 0 Å². The molecule has 2 aromatic rings. The number of amidine groups is 1. The van der Waals surface area contributed by atoms with Crippen LogP contribution >= 0.6 is 27.7 Å². The van der Waals surface area contributed by atoms with Crippen LogP contribution in [-0.4, -0.2) is 18.2 Å². The van der Waals surface area contributed by atoms with Gasteiger partial charge in [-0.3, -0.25) is 0 Å². The third kappa shape index (κ3) is 3.46. The van der Waals surface area contributed by atoms with E-state index in [-0.39, 0.29) is 5.84 Å². The van der Waals surface area contributed by atoms with Crippen molar-refractivity contribution in [1.29, 1.82) is 0 Å². The Kier molecular flexibility index (Phi) is 4.92. The van der Waals surface area contributed by atoms with E-state index in [1.807, 2.05) is 42.5 Å². The lowest BCUT2D eigenvalue weighted by atomic mass is 10.2. The first kappa shape index (κ1) is 14.7. The second-order valence-corrected chi connectivity index (χ2v) is 5.93. The molecule has 0 spiro atoms. The number of nitrogens with two attached hydrogens (primary N) is 1. The van der Waals surface area contributed by atoms with Crippen LogP contribution < -0.4 is 10.5 Å². The number of nitrogens with zero attached hydrogens (tertiary/aromatic N) is 1. The lowest BCUT2D eigenvalue weighted by Crippen LogP contribution is -2.14. The molecule has 2 rings (SSSR count). The maximum atomic E-state index is 8.86. The SMILES string of the molecule is COc1ccc(Sc2ccc(Br)cc2/C(N)=N/O)cc1. The smallest absolute Gasteiger partial charge is 0.171 e. The van der Waals surface area contributed by atoms with Gasteiger partial charge in [0.25, 0.3) is 0 Å². The van der Waals surface area contributed by atoms with E-state index in [0.717, 1.165) is 20.0 Å². The average molecular weight is 353 g/mol. The van der Waals surface area contributed by atoms with E-state index < -0.39 is 0 Å². The van der Waals surface area contributed by atoms with Crippen molar-refractivity contribution in [2.45, 2.75) is 9.79 Å². The number of hydrogen-bond acceptors (Lipinski definition) is 4. The predicted molar refractivity (Wildman–Crippen MR) is 83.8 cm³/mol. The summed E-state index contributed by atoms with van der Waals surface area (Å²) in [5, 5.41) is 11.9. The van der Waals surface area contributed by atoms with Crippen molar-refractivity contribution in [3.63, 3.8) is 0 Å². The van der Waals surface area contributed by atoms with Crippen molar-refractivity contribution in [3.8, 4) is 5.75 Å². The van der Waals surface area contributed by atoms with E-state index in [4.69, 9.17) is 15.7 Å². The van der Waals surface area contributed by atoms with Gasteiger partial charge in [-0.1, -0.05) is 32.8 Å². The number of rotatable bonds is 4. The first-order valence-corrected chi connectivity index (χ1v) is 7.34. The number of benzene rings is 2. The third-order valence-corrected chi connectivity index (χ3v) is 4.19. The van der Waals surface area contributed by atoms with Crippen LogP contribution in [0.4, 0.5) is 0 Å². The monoisotopic (exact) mass is 352 g/mol. The first-order valence-electron chi connectivity index (χ1n) is 5.73. The second-order valence-electron chi connectivity index (χ2n) is 3.90. The number of hydrogen-bond donors (Lipinski definition) is 2. The van der Waals surface area contributed by atoms with Crippen molar-refractivity contribution in [2.75, 3.05) is 7.11 Å². The molecule has 0 saturated heterocycles. The average Bonchev–Trinajstić information content (AvgIpc) is 2.49. The van der Waals surface area contributed by atoms with Crippen molar-refractivity contribution in [1.82, 2.24) is 0 Å². The summed E-state index contributed by atoms with van der Waals surface area (Å²) in [6.07, 6.45) is 0. The summed E-state index contributed by atoms with van der Waals surface area (Å²) in [6.45, 7) is 0. The van der Waals surface area contributed by atoms with Gasteiger partial charge < -0.3 is 15.7 Å². The molecular weight excluding hydrogens is 340 g/mol. The highest BCUT2D eigenvalue weighted by Crippen LogP contribution is 2.32. The molecule has 0 atom stereocenters. The third-order valence-electron chi connectivity index (χ3n) is 2.61. The molecule has 2 aromatic carbocycles. The number of ether oxygens (including phenoxy) is 1. The fourth-order valence-corrected chi connectivity index (χ4v) is 2.91. The maximum Gasteiger partial charge on any atom is 0.171 e. The van der Waals surface area contributed by atoms with Gasteiger partial charge in [-0.15, -0.1) is 0 Å². The quantitative estimate of drug-likeness (QED) is 0.381. The minimum atomic E-state index is 0.0855. The molecular formula is C14H13BrN2O2S. The molecule has 20 heavy (non-hydrogen) atoms. The minimum Gasteiger partial charge on any atom is -0.497 e. The number of oxime groups is 1. The summed E-state index contributed by atoms with van der Waals surface area (Å²) in [6, 6.07) is 13.4. The molecule has 104 valence electrons. The van der Waals surface area contributed by atoms with Crippen molar-refractivity contribution < 1.29 is 9.94 Å². The van der Waals surface area contributed by atoms with Gasteiger partial charge >= 0.3 is 0 Å². The Labute approximate surface area is 129 Å². The van der Waals surface area contributed by atoms with Gasteiger partial charge in [0.2, 0.25) is 0 Å². The number of halogens is 1. The Balaban J connectivity index is 2.32. The summed E-state index contributed by atoms with van der Waals surface area (Å²) in [4.78, 5) is 1.95. The predicted octanol–water partition coefficient (Wildman–Crippen LogP) is 3.70. The fourth-order valence-electron chi connectivity index (χ4n) is 1.62. The van der Waals surface area contributed by atoms with Gasteiger partial charge in [0.15, 0.2) is 5.84 Å². The largest absolute Gasteiger partial charge is 0.497 e. The van der Waals surface area contributed by atoms with Gasteiger partial charge in [-0.2, -0.15) is 0 Å². The van der Waals surface area contributed by atoms with Crippen LogP contribution in [0.25, 0.3) is 0 Å². The van der Waals surface area contributed by atoms with Gasteiger partial charge in [-0.05, 0) is 42.5 Å². The van der Waals surface area contributed by atoms with E-state index >= 15 is 0 Å². The zero-order valence-corrected chi connectivity index (χ0v) is 13.1. The molecule has 4 nitrogen and oxygen atoms in total. The molecule has 0 saturated carbocycles. The highest BCUT2D eigenvalue weighted by Gasteiger charge is 2.09. The zero-order valence-electron chi connectivity index (χ0n) is 10.7. The van der Waals surface area contributed by atoms with Crippen LogP contribution in [0.2, 0.25) is 0 Å². The Morgan fingerprint density at radius 2 is 1.95 bits per heavy atom. The zero-order chi connectivity index (χ0) is 14.5. The standard InChI is InChI=1S/C14H13BrN2O2S/c1-19-10-3-5-11(6-4-10)20-13-7-2-9(15)8-12(13)14(16)17-18/h2-8,18H,1H3,(H2,16,17). The summed E-state index contributed by atoms with van der Waals surface area (Å²) < 4.78 is 6.00. The van der Waals surface area contributed by atoms with Gasteiger partial charge in [0.1, 0.15) is 5.75 Å². The van der Waals surface area contributed by atoms with Crippen LogP contribution in [0.1, 0.15) is 5.56 Å². The van der Waals surface area contributed by atoms with E-state index in [9.17, 15) is 0 Å². The first-order chi connectivity index (χ1) is 9.63. The molecule has 0 fully saturated rings. The Morgan fingerprint density at radius 3 is 2.55 bits per heavy atom. The fraction of sp³-hybridized carbons (Fsp3) is 0.0714. The Bertz CT molecular complexity index is 630. The summed E-state index contributed by atoms with van der Waals surface area (Å²) in [5.41, 5.74) is 6.39. The molecule has 0 aliphatic rings. The summed E-state index contributed by atoms with van der Waals surface area (Å²) >= 11 is 4.92. The Hall–Kier alpha value is -1.66. The molecule has 0 heterocycles. The summed E-state index contributed by atoms with van der Waals surface area (Å²) in [5.74, 6) is 0.893. The lowest BCUT2D eigenvalue weighted by Gasteiger charge is -2.09. The van der Waals surface area contributed by atoms with Gasteiger partial charge in [-0.25, -0.2) is 0 Å². The second kappa shape index (κ2) is 6.67. The van der Waals surface area contributed by atoms with E-state index in [0.29, 0.717) is 5.56 Å². The molecule has 0 amide bonds. The number of methoxy groups -OCH3 is 1. The van der Waals surface area contributed by atoms with Crippen LogP contribution in [0.3, 0.4) is 0 Å². The van der Waals surface area contributed by atoms with Crippen LogP contribution in [0.5, 0.6) is 5.75 Å². The molecule has 0 aromatic heterocycles. The van der Waals surface area contributed by atoms with Crippen molar-refractivity contribution >= 4 is 33.5 Å². The van der Waals surface area contributed by atoms with Crippen molar-refractivity contribution in [3.05, 3.63) is 52.5 Å². The topological polar surface area (TPSA) is 67.8 Å². The Morgan fingerprint density at radius 1 is 1.25 bits per heavy atom. The normalized spacial score (nSPS) is 11.4. The molecule has 0 unspecified atom stereocenters. The van der Waals surface area contributed by atoms with Crippen LogP contribution in [-0.2, 0) is 0 Å². The molecule has 0 radical (unpaired) electrons. The molecule has 0 bridgehead atoms. The maximum absolute atomic E-state index is 8.86. The van der Waals surface area contributed by atoms with Gasteiger partial charge in [0.05, 0.1) is 7.11 Å². The van der Waals surface area contributed by atoms with E-state index in [2.05, 4.69) is 21.1 Å². The van der Waals surface area contributed by atoms with E-state index in [1.165, 1.54) is 11.8 Å². The van der Waals surface area contributed by atoms with Crippen LogP contribution in [0.15, 0.2) is 61.9 Å². The molecule has 6 heteroatoms.